The molecule has 5 rings (SSSR count). The van der Waals surface area contributed by atoms with Crippen LogP contribution in [0.5, 0.6) is 5.75 Å². The van der Waals surface area contributed by atoms with Crippen molar-refractivity contribution in [1.29, 1.82) is 0 Å². The Hall–Kier alpha value is -2.80. The average Bonchev–Trinajstić information content (AvgIpc) is 3.52. The predicted molar refractivity (Wildman–Crippen MR) is 134 cm³/mol. The van der Waals surface area contributed by atoms with Crippen molar-refractivity contribution >= 4 is 15.5 Å². The molecule has 1 aliphatic heterocycles. The molecular weight excluding hydrogens is 484 g/mol. The van der Waals surface area contributed by atoms with Crippen LogP contribution in [0.2, 0.25) is 0 Å². The molecule has 0 bridgehead atoms. The van der Waals surface area contributed by atoms with E-state index in [9.17, 15) is 18.3 Å². The van der Waals surface area contributed by atoms with Crippen LogP contribution in [-0.2, 0) is 10.0 Å². The van der Waals surface area contributed by atoms with Gasteiger partial charge in [0, 0.05) is 32.1 Å². The second-order valence-electron chi connectivity index (χ2n) is 9.35. The molecule has 0 radical (unpaired) electrons. The van der Waals surface area contributed by atoms with Gasteiger partial charge in [0.2, 0.25) is 10.0 Å². The van der Waals surface area contributed by atoms with E-state index in [1.807, 2.05) is 6.92 Å². The zero-order valence-corrected chi connectivity index (χ0v) is 21.4. The first-order valence-corrected chi connectivity index (χ1v) is 13.9. The number of sulfonamides is 1. The highest BCUT2D eigenvalue weighted by Crippen LogP contribution is 2.35. The van der Waals surface area contributed by atoms with E-state index in [1.54, 1.807) is 22.4 Å². The van der Waals surface area contributed by atoms with Crippen molar-refractivity contribution < 1.29 is 18.3 Å². The van der Waals surface area contributed by atoms with E-state index in [2.05, 4.69) is 9.97 Å². The van der Waals surface area contributed by atoms with Gasteiger partial charge >= 0.3 is 0 Å². The Morgan fingerprint density at radius 1 is 1.17 bits per heavy atom. The van der Waals surface area contributed by atoms with E-state index >= 15 is 0 Å². The molecule has 11 nitrogen and oxygen atoms in total. The van der Waals surface area contributed by atoms with Crippen molar-refractivity contribution in [3.63, 3.8) is 0 Å². The minimum Gasteiger partial charge on any atom is -0.493 e. The number of ether oxygens (including phenoxy) is 1. The lowest BCUT2D eigenvalue weighted by molar-refractivity contribution is 0.0769. The maximum atomic E-state index is 13.4. The summed E-state index contributed by atoms with van der Waals surface area (Å²) in [6.45, 7) is 5.39. The van der Waals surface area contributed by atoms with Crippen LogP contribution in [0, 0.1) is 6.92 Å². The smallest absolute Gasteiger partial charge is 0.277 e. The molecule has 12 heteroatoms. The summed E-state index contributed by atoms with van der Waals surface area (Å²) < 4.78 is 35.7. The molecule has 2 fully saturated rings. The summed E-state index contributed by atoms with van der Waals surface area (Å²) >= 11 is 0. The standard InChI is InChI=1S/C24H32N6O5S/c1-3-35-20-9-8-18(36(33,34)29-12-10-28(15-31)11-13-29)14-19(20)22-26-24(32)21-16(2)25-23(30(21)27-22)17-6-4-5-7-17/h8-9,14,17,31H,3-7,10-13,15H2,1-2H3,(H,26,27,32). The second-order valence-corrected chi connectivity index (χ2v) is 11.3. The SMILES string of the molecule is CCOc1ccc(S(=O)(=O)N2CCN(CO)CC2)cc1-c1nn2c(C3CCCC3)nc(C)c2c(=O)[nH]1. The summed E-state index contributed by atoms with van der Waals surface area (Å²) in [5.74, 6) is 1.68. The molecule has 1 aliphatic carbocycles. The van der Waals surface area contributed by atoms with Gasteiger partial charge in [-0.05, 0) is 44.9 Å². The van der Waals surface area contributed by atoms with Crippen LogP contribution < -0.4 is 10.3 Å². The number of piperazine rings is 1. The van der Waals surface area contributed by atoms with E-state index in [4.69, 9.17) is 9.84 Å². The van der Waals surface area contributed by atoms with E-state index in [0.717, 1.165) is 31.5 Å². The van der Waals surface area contributed by atoms with Gasteiger partial charge in [0.1, 0.15) is 11.6 Å². The fraction of sp³-hybridized carbons (Fsp3) is 0.542. The Labute approximate surface area is 209 Å². The van der Waals surface area contributed by atoms with Crippen LogP contribution in [0.25, 0.3) is 16.9 Å². The molecule has 194 valence electrons. The summed E-state index contributed by atoms with van der Waals surface area (Å²) in [4.78, 5) is 22.5. The number of imidazole rings is 1. The molecular formula is C24H32N6O5S. The van der Waals surface area contributed by atoms with Crippen LogP contribution in [0.4, 0.5) is 0 Å². The highest BCUT2D eigenvalue weighted by Gasteiger charge is 2.30. The molecule has 2 aliphatic rings. The first kappa shape index (κ1) is 24.9. The van der Waals surface area contributed by atoms with Crippen LogP contribution in [0.15, 0.2) is 27.9 Å². The molecule has 36 heavy (non-hydrogen) atoms. The number of hydrogen-bond donors (Lipinski definition) is 2. The van der Waals surface area contributed by atoms with Crippen molar-refractivity contribution in [1.82, 2.24) is 28.8 Å². The molecule has 2 N–H and O–H groups in total. The summed E-state index contributed by atoms with van der Waals surface area (Å²) in [6.07, 6.45) is 4.25. The number of aliphatic hydroxyl groups excluding tert-OH is 1. The molecule has 0 spiro atoms. The third-order valence-corrected chi connectivity index (χ3v) is 8.99. The van der Waals surface area contributed by atoms with E-state index in [-0.39, 0.29) is 42.0 Å². The van der Waals surface area contributed by atoms with E-state index in [0.29, 0.717) is 42.2 Å². The summed E-state index contributed by atoms with van der Waals surface area (Å²) in [7, 11) is -3.80. The van der Waals surface area contributed by atoms with Gasteiger partial charge in [-0.15, -0.1) is 5.10 Å². The quantitative estimate of drug-likeness (QED) is 0.485. The van der Waals surface area contributed by atoms with Crippen LogP contribution in [0.3, 0.4) is 0 Å². The normalized spacial score (nSPS) is 18.3. The van der Waals surface area contributed by atoms with E-state index in [1.165, 1.54) is 16.4 Å². The number of rotatable bonds is 7. The van der Waals surface area contributed by atoms with Crippen molar-refractivity contribution in [3.05, 3.63) is 40.1 Å². The van der Waals surface area contributed by atoms with Gasteiger partial charge in [0.25, 0.3) is 5.56 Å². The van der Waals surface area contributed by atoms with Gasteiger partial charge in [-0.2, -0.15) is 4.31 Å². The number of benzene rings is 1. The number of hydrogen-bond acceptors (Lipinski definition) is 8. The molecule has 3 heterocycles. The Kier molecular flexibility index (Phi) is 6.86. The maximum Gasteiger partial charge on any atom is 0.277 e. The van der Waals surface area contributed by atoms with Crippen LogP contribution in [0.1, 0.15) is 50.0 Å². The van der Waals surface area contributed by atoms with Gasteiger partial charge in [-0.25, -0.2) is 17.9 Å². The zero-order valence-electron chi connectivity index (χ0n) is 20.6. The summed E-state index contributed by atoms with van der Waals surface area (Å²) in [6, 6.07) is 4.64. The molecule has 2 aromatic heterocycles. The third kappa shape index (κ3) is 4.42. The van der Waals surface area contributed by atoms with Gasteiger partial charge in [-0.3, -0.25) is 9.69 Å². The van der Waals surface area contributed by atoms with Crippen molar-refractivity contribution in [2.75, 3.05) is 39.5 Å². The second kappa shape index (κ2) is 9.92. The number of nitrogens with one attached hydrogen (secondary N) is 1. The predicted octanol–water partition coefficient (Wildman–Crippen LogP) is 1.71. The monoisotopic (exact) mass is 516 g/mol. The number of H-pyrrole nitrogens is 1. The topological polar surface area (TPSA) is 133 Å². The van der Waals surface area contributed by atoms with Crippen LogP contribution >= 0.6 is 0 Å². The number of aromatic amines is 1. The van der Waals surface area contributed by atoms with Crippen molar-refractivity contribution in [3.8, 4) is 17.1 Å². The fourth-order valence-corrected chi connectivity index (χ4v) is 6.61. The van der Waals surface area contributed by atoms with E-state index < -0.39 is 10.0 Å². The highest BCUT2D eigenvalue weighted by molar-refractivity contribution is 7.89. The molecule has 0 atom stereocenters. The average molecular weight is 517 g/mol. The first-order chi connectivity index (χ1) is 17.3. The summed E-state index contributed by atoms with van der Waals surface area (Å²) in [5, 5.41) is 14.1. The Morgan fingerprint density at radius 3 is 2.56 bits per heavy atom. The Bertz CT molecular complexity index is 1420. The molecule has 1 saturated carbocycles. The largest absolute Gasteiger partial charge is 0.493 e. The third-order valence-electron chi connectivity index (χ3n) is 7.10. The number of aliphatic hydroxyl groups is 1. The minimum atomic E-state index is -3.80. The number of aryl methyl sites for hydroxylation is 1. The molecule has 3 aromatic rings. The molecule has 0 amide bonds. The molecule has 1 aromatic carbocycles. The lowest BCUT2D eigenvalue weighted by atomic mass is 10.1. The fourth-order valence-electron chi connectivity index (χ4n) is 5.16. The lowest BCUT2D eigenvalue weighted by Crippen LogP contribution is -2.48. The summed E-state index contributed by atoms with van der Waals surface area (Å²) in [5.41, 5.74) is 1.10. The minimum absolute atomic E-state index is 0.0963. The maximum absolute atomic E-state index is 13.4. The number of aromatic nitrogens is 4. The highest BCUT2D eigenvalue weighted by atomic mass is 32.2. The Balaban J connectivity index is 1.60. The molecule has 0 unspecified atom stereocenters. The van der Waals surface area contributed by atoms with Crippen LogP contribution in [-0.4, -0.2) is 81.8 Å². The van der Waals surface area contributed by atoms with Gasteiger partial charge in [-0.1, -0.05) is 12.8 Å². The van der Waals surface area contributed by atoms with Crippen molar-refractivity contribution in [2.24, 2.45) is 0 Å². The Morgan fingerprint density at radius 2 is 1.89 bits per heavy atom. The number of fused-ring (bicyclic) bond motifs is 1. The number of nitrogens with zero attached hydrogens (tertiary/aromatic N) is 5. The first-order valence-electron chi connectivity index (χ1n) is 12.4. The van der Waals surface area contributed by atoms with Gasteiger partial charge in [0.05, 0.1) is 29.5 Å². The van der Waals surface area contributed by atoms with Gasteiger partial charge in [0.15, 0.2) is 11.3 Å². The lowest BCUT2D eigenvalue weighted by Gasteiger charge is -2.32. The van der Waals surface area contributed by atoms with Gasteiger partial charge < -0.3 is 14.8 Å². The zero-order chi connectivity index (χ0) is 25.4. The van der Waals surface area contributed by atoms with Crippen molar-refractivity contribution in [2.45, 2.75) is 50.3 Å². The molecule has 1 saturated heterocycles.